The van der Waals surface area contributed by atoms with E-state index < -0.39 is 0 Å². The Hall–Kier alpha value is -0.560. The molecule has 176 valence electrons. The van der Waals surface area contributed by atoms with Crippen LogP contribution in [0.15, 0.2) is 23.3 Å². The van der Waals surface area contributed by atoms with Gasteiger partial charge in [0.15, 0.2) is 0 Å². The summed E-state index contributed by atoms with van der Waals surface area (Å²) >= 11 is 0. The zero-order valence-corrected chi connectivity index (χ0v) is 21.3. The summed E-state index contributed by atoms with van der Waals surface area (Å²) < 4.78 is 0. The lowest BCUT2D eigenvalue weighted by Crippen LogP contribution is -2.50. The van der Waals surface area contributed by atoms with Crippen LogP contribution in [0.3, 0.4) is 0 Å². The van der Waals surface area contributed by atoms with Crippen LogP contribution in [0.4, 0.5) is 0 Å². The Morgan fingerprint density at radius 3 is 2.65 bits per heavy atom. The Balaban J connectivity index is 1.46. The summed E-state index contributed by atoms with van der Waals surface area (Å²) in [6, 6.07) is 0. The molecule has 0 saturated heterocycles. The third kappa shape index (κ3) is 4.22. The molecule has 1 nitrogen and oxygen atoms in total. The molecule has 0 radical (unpaired) electrons. The minimum absolute atomic E-state index is 0.0826. The van der Waals surface area contributed by atoms with Crippen LogP contribution < -0.4 is 0 Å². The molecule has 4 rings (SSSR count). The van der Waals surface area contributed by atoms with Crippen molar-refractivity contribution in [2.45, 2.75) is 124 Å². The van der Waals surface area contributed by atoms with Gasteiger partial charge in [-0.1, -0.05) is 64.3 Å². The second-order valence-electron chi connectivity index (χ2n) is 12.4. The molecule has 0 amide bonds. The molecule has 0 spiro atoms. The van der Waals surface area contributed by atoms with E-state index >= 15 is 0 Å². The van der Waals surface area contributed by atoms with Gasteiger partial charge in [-0.15, -0.1) is 0 Å². The van der Waals surface area contributed by atoms with Crippen molar-refractivity contribution in [1.29, 1.82) is 0 Å². The molecule has 0 bridgehead atoms. The SMILES string of the molecule is CC/C=C(\CCC)CC[C@@H](C)[C@H]1CC[C@H]2[C@@H]3CC=C4C[C@@H](O)CC[C@]4(C)[C@H]3CC[C@]12C. The van der Waals surface area contributed by atoms with Crippen LogP contribution in [-0.2, 0) is 0 Å². The highest BCUT2D eigenvalue weighted by atomic mass is 16.3. The van der Waals surface area contributed by atoms with Gasteiger partial charge in [0.05, 0.1) is 6.10 Å². The first-order valence-corrected chi connectivity index (χ1v) is 13.9. The van der Waals surface area contributed by atoms with Crippen molar-refractivity contribution >= 4 is 0 Å². The fourth-order valence-electron chi connectivity index (χ4n) is 9.17. The van der Waals surface area contributed by atoms with Crippen LogP contribution in [0.5, 0.6) is 0 Å². The maximum atomic E-state index is 10.3. The Kier molecular flexibility index (Phi) is 7.12. The summed E-state index contributed by atoms with van der Waals surface area (Å²) in [4.78, 5) is 0. The lowest BCUT2D eigenvalue weighted by Gasteiger charge is -2.58. The summed E-state index contributed by atoms with van der Waals surface area (Å²) in [5.74, 6) is 4.49. The van der Waals surface area contributed by atoms with Crippen LogP contribution in [0, 0.1) is 40.4 Å². The molecule has 0 aromatic carbocycles. The van der Waals surface area contributed by atoms with Crippen molar-refractivity contribution in [3.8, 4) is 0 Å². The molecule has 0 unspecified atom stereocenters. The molecule has 4 aliphatic rings. The summed E-state index contributed by atoms with van der Waals surface area (Å²) in [5, 5.41) is 10.3. The Morgan fingerprint density at radius 2 is 1.90 bits per heavy atom. The maximum absolute atomic E-state index is 10.3. The minimum atomic E-state index is -0.0826. The topological polar surface area (TPSA) is 20.2 Å². The van der Waals surface area contributed by atoms with Crippen molar-refractivity contribution in [1.82, 2.24) is 0 Å². The van der Waals surface area contributed by atoms with E-state index in [9.17, 15) is 5.11 Å². The molecule has 3 saturated carbocycles. The molecule has 4 aliphatic carbocycles. The number of allylic oxidation sites excluding steroid dienone is 3. The molecular formula is C30H50O. The van der Waals surface area contributed by atoms with Crippen molar-refractivity contribution in [2.24, 2.45) is 40.4 Å². The van der Waals surface area contributed by atoms with Crippen molar-refractivity contribution in [3.05, 3.63) is 23.3 Å². The number of rotatable bonds is 7. The van der Waals surface area contributed by atoms with E-state index in [2.05, 4.69) is 46.8 Å². The van der Waals surface area contributed by atoms with Gasteiger partial charge in [-0.05, 0) is 117 Å². The first-order valence-electron chi connectivity index (χ1n) is 13.9. The molecule has 0 heterocycles. The second kappa shape index (κ2) is 9.36. The third-order valence-electron chi connectivity index (χ3n) is 10.8. The van der Waals surface area contributed by atoms with Gasteiger partial charge >= 0.3 is 0 Å². The first kappa shape index (κ1) is 23.6. The van der Waals surface area contributed by atoms with Crippen LogP contribution in [0.2, 0.25) is 0 Å². The molecular weight excluding hydrogens is 376 g/mol. The third-order valence-corrected chi connectivity index (χ3v) is 10.8. The monoisotopic (exact) mass is 426 g/mol. The van der Waals surface area contributed by atoms with Gasteiger partial charge in [-0.2, -0.15) is 0 Å². The average Bonchev–Trinajstić information content (AvgIpc) is 3.10. The standard InChI is InChI=1S/C30H50O/c1-6-8-22(9-7-2)11-10-21(3)26-14-15-27-25-13-12-23-20-24(31)16-18-29(23,4)28(25)17-19-30(26,27)5/h8,12,21,24-28,31H,6-7,9-11,13-20H2,1-5H3/b22-8+/t21-,24+,25+,26-,27+,28+,29+,30-/m1/s1. The van der Waals surface area contributed by atoms with E-state index in [0.717, 1.165) is 42.4 Å². The predicted octanol–water partition coefficient (Wildman–Crippen LogP) is 8.48. The van der Waals surface area contributed by atoms with E-state index in [0.29, 0.717) is 10.8 Å². The number of aliphatic hydroxyl groups is 1. The largest absolute Gasteiger partial charge is 0.393 e. The number of hydrogen-bond acceptors (Lipinski definition) is 1. The molecule has 1 heteroatoms. The molecule has 3 fully saturated rings. The van der Waals surface area contributed by atoms with Gasteiger partial charge in [0.2, 0.25) is 0 Å². The van der Waals surface area contributed by atoms with Gasteiger partial charge < -0.3 is 5.11 Å². The quantitative estimate of drug-likeness (QED) is 0.405. The highest BCUT2D eigenvalue weighted by Crippen LogP contribution is 2.67. The fraction of sp³-hybridized carbons (Fsp3) is 0.867. The number of fused-ring (bicyclic) bond motifs is 5. The lowest BCUT2D eigenvalue weighted by molar-refractivity contribution is -0.0571. The summed E-state index contributed by atoms with van der Waals surface area (Å²) in [6.07, 6.45) is 21.8. The van der Waals surface area contributed by atoms with Crippen LogP contribution in [0.1, 0.15) is 118 Å². The van der Waals surface area contributed by atoms with E-state index in [4.69, 9.17) is 0 Å². The predicted molar refractivity (Wildman–Crippen MR) is 133 cm³/mol. The zero-order chi connectivity index (χ0) is 22.2. The Morgan fingerprint density at radius 1 is 1.10 bits per heavy atom. The first-order chi connectivity index (χ1) is 14.8. The zero-order valence-electron chi connectivity index (χ0n) is 21.3. The van der Waals surface area contributed by atoms with Gasteiger partial charge in [0, 0.05) is 0 Å². The van der Waals surface area contributed by atoms with Gasteiger partial charge in [-0.25, -0.2) is 0 Å². The number of hydrogen-bond donors (Lipinski definition) is 1. The van der Waals surface area contributed by atoms with Gasteiger partial charge in [0.25, 0.3) is 0 Å². The Labute approximate surface area is 193 Å². The molecule has 1 N–H and O–H groups in total. The van der Waals surface area contributed by atoms with Gasteiger partial charge in [0.1, 0.15) is 0 Å². The molecule has 0 aromatic rings. The minimum Gasteiger partial charge on any atom is -0.393 e. The van der Waals surface area contributed by atoms with E-state index in [1.54, 1.807) is 11.1 Å². The average molecular weight is 427 g/mol. The molecule has 0 aromatic heterocycles. The van der Waals surface area contributed by atoms with E-state index in [-0.39, 0.29) is 6.10 Å². The number of aliphatic hydroxyl groups excluding tert-OH is 1. The molecule has 8 atom stereocenters. The molecule has 31 heavy (non-hydrogen) atoms. The Bertz CT molecular complexity index is 689. The normalized spacial score (nSPS) is 43.6. The van der Waals surface area contributed by atoms with Crippen molar-refractivity contribution in [2.75, 3.05) is 0 Å². The van der Waals surface area contributed by atoms with Crippen LogP contribution in [0.25, 0.3) is 0 Å². The van der Waals surface area contributed by atoms with Crippen LogP contribution >= 0.6 is 0 Å². The molecule has 0 aliphatic heterocycles. The van der Waals surface area contributed by atoms with Crippen LogP contribution in [-0.4, -0.2) is 11.2 Å². The fourth-order valence-corrected chi connectivity index (χ4v) is 9.17. The van der Waals surface area contributed by atoms with Crippen molar-refractivity contribution in [3.63, 3.8) is 0 Å². The van der Waals surface area contributed by atoms with Gasteiger partial charge in [-0.3, -0.25) is 0 Å². The summed E-state index contributed by atoms with van der Waals surface area (Å²) in [6.45, 7) is 12.5. The second-order valence-corrected chi connectivity index (χ2v) is 12.4. The van der Waals surface area contributed by atoms with E-state index in [1.165, 1.54) is 70.6 Å². The highest BCUT2D eigenvalue weighted by molar-refractivity contribution is 5.25. The van der Waals surface area contributed by atoms with E-state index in [1.807, 2.05) is 0 Å². The smallest absolute Gasteiger partial charge is 0.0577 e. The summed E-state index contributed by atoms with van der Waals surface area (Å²) in [7, 11) is 0. The van der Waals surface area contributed by atoms with Crippen molar-refractivity contribution < 1.29 is 5.11 Å². The summed E-state index contributed by atoms with van der Waals surface area (Å²) in [5.41, 5.74) is 4.28. The lowest BCUT2D eigenvalue weighted by atomic mass is 9.47. The maximum Gasteiger partial charge on any atom is 0.0577 e. The highest BCUT2D eigenvalue weighted by Gasteiger charge is 2.59.